The average molecular weight is 321 g/mol. The van der Waals surface area contributed by atoms with E-state index >= 15 is 0 Å². The van der Waals surface area contributed by atoms with E-state index in [-0.39, 0.29) is 29.7 Å². The molecule has 0 spiro atoms. The molecule has 2 rings (SSSR count). The summed E-state index contributed by atoms with van der Waals surface area (Å²) in [6, 6.07) is 0. The second kappa shape index (κ2) is 7.90. The number of thioether (sulfide) groups is 1. The van der Waals surface area contributed by atoms with E-state index in [1.54, 1.807) is 18.9 Å². The van der Waals surface area contributed by atoms with Crippen molar-refractivity contribution in [2.24, 2.45) is 0 Å². The number of carbonyl (C=O) groups excluding carboxylic acids is 2. The van der Waals surface area contributed by atoms with Crippen LogP contribution in [0.25, 0.3) is 0 Å². The average Bonchev–Trinajstić information content (AvgIpc) is 2.68. The van der Waals surface area contributed by atoms with E-state index in [1.165, 1.54) is 24.3 Å². The van der Waals surface area contributed by atoms with Crippen molar-refractivity contribution in [1.82, 2.24) is 9.80 Å². The predicted molar refractivity (Wildman–Crippen MR) is 81.5 cm³/mol. The minimum atomic E-state index is -0.385. The largest absolute Gasteiger partial charge is 0.463 e. The fourth-order valence-corrected chi connectivity index (χ4v) is 3.58. The van der Waals surface area contributed by atoms with Crippen molar-refractivity contribution < 1.29 is 14.3 Å². The van der Waals surface area contributed by atoms with Gasteiger partial charge in [-0.3, -0.25) is 9.69 Å². The molecule has 0 unspecified atom stereocenters. The molecule has 1 atom stereocenters. The van der Waals surface area contributed by atoms with Gasteiger partial charge in [0.05, 0.1) is 17.7 Å². The first kappa shape index (κ1) is 17.3. The maximum absolute atomic E-state index is 12.2. The highest BCUT2D eigenvalue weighted by atomic mass is 35.5. The highest BCUT2D eigenvalue weighted by Crippen LogP contribution is 2.36. The van der Waals surface area contributed by atoms with Crippen molar-refractivity contribution in [2.75, 3.05) is 26.7 Å². The van der Waals surface area contributed by atoms with Crippen LogP contribution in [0.2, 0.25) is 0 Å². The second-order valence-electron chi connectivity index (χ2n) is 4.70. The highest BCUT2D eigenvalue weighted by Gasteiger charge is 2.39. The Balaban J connectivity index is 0.00000200. The molecule has 2 fully saturated rings. The molecule has 0 aromatic carbocycles. The Morgan fingerprint density at radius 1 is 1.40 bits per heavy atom. The van der Waals surface area contributed by atoms with Gasteiger partial charge in [0, 0.05) is 7.05 Å². The molecule has 5 nitrogen and oxygen atoms in total. The molecular weight excluding hydrogens is 300 g/mol. The number of likely N-dealkylation sites (N-methyl/N-ethyl adjacent to an activating group) is 1. The SMILES string of the molecule is CCOC(=O)/C=C1\S[C@@H](N2CCCCC2)C(=O)N1C.Cl. The van der Waals surface area contributed by atoms with Crippen molar-refractivity contribution in [3.8, 4) is 0 Å². The number of carbonyl (C=O) groups is 2. The Morgan fingerprint density at radius 3 is 2.65 bits per heavy atom. The van der Waals surface area contributed by atoms with Gasteiger partial charge in [0.15, 0.2) is 0 Å². The Bertz CT molecular complexity index is 397. The first-order valence-electron chi connectivity index (χ1n) is 6.70. The first-order chi connectivity index (χ1) is 9.13. The number of ether oxygens (including phenoxy) is 1. The van der Waals surface area contributed by atoms with E-state index in [0.717, 1.165) is 25.9 Å². The smallest absolute Gasteiger partial charge is 0.333 e. The van der Waals surface area contributed by atoms with E-state index in [4.69, 9.17) is 4.74 Å². The Morgan fingerprint density at radius 2 is 2.05 bits per heavy atom. The molecular formula is C13H21ClN2O3S. The van der Waals surface area contributed by atoms with Crippen molar-refractivity contribution in [3.63, 3.8) is 0 Å². The van der Waals surface area contributed by atoms with Crippen LogP contribution < -0.4 is 0 Å². The third-order valence-electron chi connectivity index (χ3n) is 3.36. The second-order valence-corrected chi connectivity index (χ2v) is 5.80. The molecule has 2 saturated heterocycles. The van der Waals surface area contributed by atoms with E-state index in [0.29, 0.717) is 11.6 Å². The summed E-state index contributed by atoms with van der Waals surface area (Å²) in [5.74, 6) is -0.327. The van der Waals surface area contributed by atoms with Gasteiger partial charge in [-0.15, -0.1) is 12.4 Å². The standard InChI is InChI=1S/C13H20N2O3S.ClH/c1-3-18-11(16)9-10-14(2)12(17)13(19-10)15-7-5-4-6-8-15;/h9,13H,3-8H2,1-2H3;1H/b10-9-;/t13-;/m1./s1. The van der Waals surface area contributed by atoms with Crippen molar-refractivity contribution in [1.29, 1.82) is 0 Å². The Hall–Kier alpha value is -0.720. The maximum Gasteiger partial charge on any atom is 0.333 e. The molecule has 0 aromatic heterocycles. The molecule has 0 N–H and O–H groups in total. The topological polar surface area (TPSA) is 49.9 Å². The minimum Gasteiger partial charge on any atom is -0.463 e. The van der Waals surface area contributed by atoms with Gasteiger partial charge in [-0.25, -0.2) is 4.79 Å². The van der Waals surface area contributed by atoms with Crippen LogP contribution in [0, 0.1) is 0 Å². The molecule has 0 saturated carbocycles. The molecule has 2 heterocycles. The van der Waals surface area contributed by atoms with Crippen LogP contribution >= 0.6 is 24.2 Å². The van der Waals surface area contributed by atoms with Gasteiger partial charge >= 0.3 is 5.97 Å². The van der Waals surface area contributed by atoms with Crippen LogP contribution in [0.4, 0.5) is 0 Å². The lowest BCUT2D eigenvalue weighted by atomic mass is 10.1. The van der Waals surface area contributed by atoms with Gasteiger partial charge in [0.2, 0.25) is 0 Å². The lowest BCUT2D eigenvalue weighted by molar-refractivity contribution is -0.137. The molecule has 0 bridgehead atoms. The molecule has 114 valence electrons. The van der Waals surface area contributed by atoms with Crippen LogP contribution in [0.5, 0.6) is 0 Å². The van der Waals surface area contributed by atoms with Gasteiger partial charge in [-0.05, 0) is 32.9 Å². The summed E-state index contributed by atoms with van der Waals surface area (Å²) >= 11 is 1.45. The molecule has 2 aliphatic heterocycles. The highest BCUT2D eigenvalue weighted by molar-refractivity contribution is 8.04. The monoisotopic (exact) mass is 320 g/mol. The number of nitrogens with zero attached hydrogens (tertiary/aromatic N) is 2. The molecule has 0 aromatic rings. The third-order valence-corrected chi connectivity index (χ3v) is 4.71. The number of rotatable bonds is 3. The maximum atomic E-state index is 12.2. The number of likely N-dealkylation sites (tertiary alicyclic amines) is 1. The summed E-state index contributed by atoms with van der Waals surface area (Å²) in [5.41, 5.74) is 0. The summed E-state index contributed by atoms with van der Waals surface area (Å²) in [4.78, 5) is 27.5. The van der Waals surface area contributed by atoms with E-state index in [2.05, 4.69) is 4.90 Å². The number of amides is 1. The summed E-state index contributed by atoms with van der Waals surface area (Å²) in [7, 11) is 1.71. The fourth-order valence-electron chi connectivity index (χ4n) is 2.32. The van der Waals surface area contributed by atoms with Gasteiger partial charge in [0.25, 0.3) is 5.91 Å². The number of hydrogen-bond donors (Lipinski definition) is 0. The molecule has 20 heavy (non-hydrogen) atoms. The van der Waals surface area contributed by atoms with Crippen LogP contribution in [-0.4, -0.2) is 53.8 Å². The lowest BCUT2D eigenvalue weighted by Crippen LogP contribution is -2.42. The van der Waals surface area contributed by atoms with Crippen LogP contribution in [0.15, 0.2) is 11.1 Å². The zero-order chi connectivity index (χ0) is 13.8. The molecule has 0 radical (unpaired) electrons. The Kier molecular flexibility index (Phi) is 6.85. The number of esters is 1. The van der Waals surface area contributed by atoms with Gasteiger partial charge in [-0.2, -0.15) is 0 Å². The summed E-state index contributed by atoms with van der Waals surface area (Å²) in [6.07, 6.45) is 4.94. The van der Waals surface area contributed by atoms with Crippen LogP contribution in [0.3, 0.4) is 0 Å². The molecule has 1 amide bonds. The predicted octanol–water partition coefficient (Wildman–Crippen LogP) is 1.83. The van der Waals surface area contributed by atoms with Crippen molar-refractivity contribution in [3.05, 3.63) is 11.1 Å². The summed E-state index contributed by atoms with van der Waals surface area (Å²) in [6.45, 7) is 4.04. The normalized spacial score (nSPS) is 25.7. The van der Waals surface area contributed by atoms with Crippen molar-refractivity contribution in [2.45, 2.75) is 31.6 Å². The fraction of sp³-hybridized carbons (Fsp3) is 0.692. The number of piperidine rings is 1. The minimum absolute atomic E-state index is 0. The van der Waals surface area contributed by atoms with Gasteiger partial charge in [0.1, 0.15) is 5.37 Å². The van der Waals surface area contributed by atoms with Crippen LogP contribution in [0.1, 0.15) is 26.2 Å². The molecule has 7 heteroatoms. The molecule has 0 aliphatic carbocycles. The molecule has 2 aliphatic rings. The van der Waals surface area contributed by atoms with Gasteiger partial charge < -0.3 is 9.64 Å². The van der Waals surface area contributed by atoms with Crippen molar-refractivity contribution >= 4 is 36.0 Å². The van der Waals surface area contributed by atoms with Crippen LogP contribution in [-0.2, 0) is 14.3 Å². The first-order valence-corrected chi connectivity index (χ1v) is 7.58. The van der Waals surface area contributed by atoms with E-state index in [9.17, 15) is 9.59 Å². The summed E-state index contributed by atoms with van der Waals surface area (Å²) < 4.78 is 4.89. The van der Waals surface area contributed by atoms with E-state index < -0.39 is 0 Å². The third kappa shape index (κ3) is 3.90. The zero-order valence-electron chi connectivity index (χ0n) is 11.8. The quantitative estimate of drug-likeness (QED) is 0.586. The van der Waals surface area contributed by atoms with E-state index in [1.807, 2.05) is 0 Å². The summed E-state index contributed by atoms with van der Waals surface area (Å²) in [5, 5.41) is 0.505. The zero-order valence-corrected chi connectivity index (χ0v) is 13.5. The Labute approximate surface area is 130 Å². The number of halogens is 1. The lowest BCUT2D eigenvalue weighted by Gasteiger charge is -2.29. The van der Waals surface area contributed by atoms with Gasteiger partial charge in [-0.1, -0.05) is 18.2 Å². The number of hydrogen-bond acceptors (Lipinski definition) is 5.